The molecule has 160 valence electrons. The van der Waals surface area contributed by atoms with Crippen molar-refractivity contribution in [1.82, 2.24) is 5.32 Å². The van der Waals surface area contributed by atoms with Gasteiger partial charge in [0.2, 0.25) is 5.91 Å². The second-order valence-corrected chi connectivity index (χ2v) is 6.07. The van der Waals surface area contributed by atoms with E-state index in [4.69, 9.17) is 9.47 Å². The van der Waals surface area contributed by atoms with Crippen molar-refractivity contribution in [2.24, 2.45) is 0 Å². The number of benzene rings is 2. The molecule has 0 unspecified atom stereocenters. The van der Waals surface area contributed by atoms with E-state index < -0.39 is 54.1 Å². The number of aryl methyl sites for hydroxylation is 1. The zero-order valence-corrected chi connectivity index (χ0v) is 16.0. The molecule has 0 aromatic heterocycles. The molecule has 2 aromatic rings. The molecule has 0 radical (unpaired) electrons. The average molecular weight is 424 g/mol. The minimum atomic E-state index is -1.73. The number of anilines is 1. The molecule has 2 N–H and O–H groups in total. The Morgan fingerprint density at radius 2 is 1.70 bits per heavy atom. The van der Waals surface area contributed by atoms with Crippen molar-refractivity contribution < 1.29 is 37.0 Å². The molecular weight excluding hydrogens is 405 g/mol. The maximum Gasteiger partial charge on any atom is 0.309 e. The Kier molecular flexibility index (Phi) is 8.21. The van der Waals surface area contributed by atoms with Gasteiger partial charge in [0, 0.05) is 0 Å². The van der Waals surface area contributed by atoms with Gasteiger partial charge in [0.05, 0.1) is 25.3 Å². The van der Waals surface area contributed by atoms with E-state index in [0.29, 0.717) is 11.8 Å². The predicted molar refractivity (Wildman–Crippen MR) is 100 cm³/mol. The van der Waals surface area contributed by atoms with Gasteiger partial charge in [-0.25, -0.2) is 13.2 Å². The molecule has 0 aliphatic carbocycles. The lowest BCUT2D eigenvalue weighted by Crippen LogP contribution is -2.35. The molecule has 0 fully saturated rings. The van der Waals surface area contributed by atoms with Gasteiger partial charge in [-0.2, -0.15) is 0 Å². The third-order valence-electron chi connectivity index (χ3n) is 3.78. The first kappa shape index (κ1) is 22.7. The monoisotopic (exact) mass is 424 g/mol. The molecule has 0 saturated carbocycles. The fraction of sp³-hybridized carbons (Fsp3) is 0.250. The first-order valence-corrected chi connectivity index (χ1v) is 8.82. The molecule has 2 rings (SSSR count). The highest BCUT2D eigenvalue weighted by atomic mass is 19.2. The van der Waals surface area contributed by atoms with Gasteiger partial charge < -0.3 is 20.1 Å². The number of amides is 2. The molecule has 0 saturated heterocycles. The summed E-state index contributed by atoms with van der Waals surface area (Å²) in [5.41, 5.74) is 0.333. The number of hydrogen-bond acceptors (Lipinski definition) is 5. The van der Waals surface area contributed by atoms with Crippen LogP contribution in [0.2, 0.25) is 0 Å². The van der Waals surface area contributed by atoms with Crippen LogP contribution in [0.5, 0.6) is 5.75 Å². The summed E-state index contributed by atoms with van der Waals surface area (Å²) >= 11 is 0. The summed E-state index contributed by atoms with van der Waals surface area (Å²) in [6.45, 7) is 0.698. The molecular formula is C20H19F3N2O5. The molecule has 30 heavy (non-hydrogen) atoms. The molecule has 0 atom stereocenters. The molecule has 0 spiro atoms. The first-order chi connectivity index (χ1) is 14.3. The maximum atomic E-state index is 13.5. The van der Waals surface area contributed by atoms with Crippen LogP contribution in [0, 0.1) is 24.4 Å². The molecule has 10 heteroatoms. The van der Waals surface area contributed by atoms with E-state index in [9.17, 15) is 27.6 Å². The molecule has 0 heterocycles. The number of hydrogen-bond donors (Lipinski definition) is 2. The van der Waals surface area contributed by atoms with E-state index in [0.717, 1.165) is 11.6 Å². The van der Waals surface area contributed by atoms with Gasteiger partial charge in [-0.05, 0) is 30.7 Å². The van der Waals surface area contributed by atoms with Crippen molar-refractivity contribution in [3.63, 3.8) is 0 Å². The van der Waals surface area contributed by atoms with Crippen molar-refractivity contribution >= 4 is 23.5 Å². The summed E-state index contributed by atoms with van der Waals surface area (Å²) in [6.07, 6.45) is -0.0858. The first-order valence-electron chi connectivity index (χ1n) is 8.82. The van der Waals surface area contributed by atoms with Gasteiger partial charge in [0.1, 0.15) is 5.75 Å². The summed E-state index contributed by atoms with van der Waals surface area (Å²) in [6, 6.07) is 8.75. The molecule has 2 aromatic carbocycles. The second-order valence-electron chi connectivity index (χ2n) is 6.07. The van der Waals surface area contributed by atoms with Gasteiger partial charge in [-0.15, -0.1) is 0 Å². The smallest absolute Gasteiger partial charge is 0.309 e. The predicted octanol–water partition coefficient (Wildman–Crippen LogP) is 2.48. The van der Waals surface area contributed by atoms with Gasteiger partial charge >= 0.3 is 5.97 Å². The summed E-state index contributed by atoms with van der Waals surface area (Å²) in [5.74, 6) is -6.38. The topological polar surface area (TPSA) is 93.7 Å². The minimum Gasteiger partial charge on any atom is -0.493 e. The van der Waals surface area contributed by atoms with Crippen molar-refractivity contribution in [2.75, 3.05) is 25.1 Å². The van der Waals surface area contributed by atoms with Crippen LogP contribution < -0.4 is 15.4 Å². The van der Waals surface area contributed by atoms with Crippen LogP contribution >= 0.6 is 0 Å². The maximum absolute atomic E-state index is 13.5. The average Bonchev–Trinajstić information content (AvgIpc) is 2.72. The highest BCUT2D eigenvalue weighted by Gasteiger charge is 2.16. The van der Waals surface area contributed by atoms with Crippen LogP contribution in [-0.4, -0.2) is 37.5 Å². The number of halogens is 3. The minimum absolute atomic E-state index is 0.0630. The van der Waals surface area contributed by atoms with E-state index in [1.54, 1.807) is 12.1 Å². The van der Waals surface area contributed by atoms with Gasteiger partial charge in [0.15, 0.2) is 24.1 Å². The molecule has 0 aliphatic rings. The lowest BCUT2D eigenvalue weighted by molar-refractivity contribution is -0.149. The lowest BCUT2D eigenvalue weighted by atomic mass is 10.2. The van der Waals surface area contributed by atoms with Crippen LogP contribution in [-0.2, 0) is 19.1 Å². The number of nitrogens with one attached hydrogen (secondary N) is 2. The Balaban J connectivity index is 1.65. The Hall–Kier alpha value is -3.56. The van der Waals surface area contributed by atoms with Crippen LogP contribution in [0.15, 0.2) is 36.4 Å². The Bertz CT molecular complexity index is 937. The molecule has 0 aliphatic heterocycles. The Morgan fingerprint density at radius 3 is 2.43 bits per heavy atom. The number of carbonyl (C=O) groups excluding carboxylic acids is 3. The quantitative estimate of drug-likeness (QED) is 0.477. The third-order valence-corrected chi connectivity index (χ3v) is 3.78. The Morgan fingerprint density at radius 1 is 0.967 bits per heavy atom. The van der Waals surface area contributed by atoms with Crippen LogP contribution in [0.3, 0.4) is 0 Å². The normalized spacial score (nSPS) is 10.3. The largest absolute Gasteiger partial charge is 0.493 e. The number of rotatable bonds is 9. The summed E-state index contributed by atoms with van der Waals surface area (Å²) in [5, 5.41) is 4.13. The summed E-state index contributed by atoms with van der Waals surface area (Å²) in [4.78, 5) is 34.9. The van der Waals surface area contributed by atoms with E-state index in [2.05, 4.69) is 5.32 Å². The Labute approximate surface area is 170 Å². The number of esters is 1. The van der Waals surface area contributed by atoms with Crippen molar-refractivity contribution in [3.8, 4) is 5.75 Å². The second kappa shape index (κ2) is 10.8. The van der Waals surface area contributed by atoms with Gasteiger partial charge in [-0.3, -0.25) is 14.4 Å². The third kappa shape index (κ3) is 6.80. The standard InChI is InChI=1S/C20H19F3N2O5/c1-12-4-2-3-5-15(12)29-9-8-18(28)30-11-17(27)24-10-16(26)25-14-7-6-13(21)19(22)20(14)23/h2-7H,8-11H2,1H3,(H,24,27)(H,25,26). The van der Waals surface area contributed by atoms with E-state index >= 15 is 0 Å². The van der Waals surface area contributed by atoms with E-state index in [-0.39, 0.29) is 13.0 Å². The zero-order valence-electron chi connectivity index (χ0n) is 16.0. The number of carbonyl (C=O) groups is 3. The van der Waals surface area contributed by atoms with Crippen molar-refractivity contribution in [1.29, 1.82) is 0 Å². The fourth-order valence-corrected chi connectivity index (χ4v) is 2.23. The molecule has 0 bridgehead atoms. The zero-order chi connectivity index (χ0) is 22.1. The van der Waals surface area contributed by atoms with Crippen molar-refractivity contribution in [2.45, 2.75) is 13.3 Å². The lowest BCUT2D eigenvalue weighted by Gasteiger charge is -2.10. The van der Waals surface area contributed by atoms with Crippen LogP contribution in [0.1, 0.15) is 12.0 Å². The van der Waals surface area contributed by atoms with Crippen LogP contribution in [0.4, 0.5) is 18.9 Å². The van der Waals surface area contributed by atoms with E-state index in [1.165, 1.54) is 0 Å². The molecule has 7 nitrogen and oxygen atoms in total. The van der Waals surface area contributed by atoms with Gasteiger partial charge in [-0.1, -0.05) is 18.2 Å². The fourth-order valence-electron chi connectivity index (χ4n) is 2.23. The van der Waals surface area contributed by atoms with Crippen LogP contribution in [0.25, 0.3) is 0 Å². The summed E-state index contributed by atoms with van der Waals surface area (Å²) in [7, 11) is 0. The highest BCUT2D eigenvalue weighted by Crippen LogP contribution is 2.19. The molecule has 2 amide bonds. The summed E-state index contributed by atoms with van der Waals surface area (Å²) < 4.78 is 49.6. The number of para-hydroxylation sites is 1. The van der Waals surface area contributed by atoms with Crippen molar-refractivity contribution in [3.05, 3.63) is 59.4 Å². The SMILES string of the molecule is Cc1ccccc1OCCC(=O)OCC(=O)NCC(=O)Nc1ccc(F)c(F)c1F. The van der Waals surface area contributed by atoms with Gasteiger partial charge in [0.25, 0.3) is 5.91 Å². The van der Waals surface area contributed by atoms with E-state index in [1.807, 2.05) is 24.4 Å². The number of ether oxygens (including phenoxy) is 2. The highest BCUT2D eigenvalue weighted by molar-refractivity contribution is 5.94.